The van der Waals surface area contributed by atoms with Crippen LogP contribution in [0.3, 0.4) is 0 Å². The largest absolute Gasteiger partial charge is 0.310 e. The highest BCUT2D eigenvalue weighted by Crippen LogP contribution is 2.28. The van der Waals surface area contributed by atoms with Gasteiger partial charge in [-0.25, -0.2) is 9.97 Å². The molecule has 0 aliphatic heterocycles. The van der Waals surface area contributed by atoms with E-state index >= 15 is 0 Å². The van der Waals surface area contributed by atoms with Gasteiger partial charge in [-0.05, 0) is 31.7 Å². The molecule has 1 unspecified atom stereocenters. The molecule has 0 aromatic carbocycles. The Labute approximate surface area is 111 Å². The Morgan fingerprint density at radius 2 is 1.61 bits per heavy atom. The summed E-state index contributed by atoms with van der Waals surface area (Å²) < 4.78 is 0. The summed E-state index contributed by atoms with van der Waals surface area (Å²) in [7, 11) is 0. The van der Waals surface area contributed by atoms with Crippen LogP contribution in [0.5, 0.6) is 0 Å². The lowest BCUT2D eigenvalue weighted by atomic mass is 9.87. The molecular formula is C15H27N3. The summed E-state index contributed by atoms with van der Waals surface area (Å²) >= 11 is 0. The summed E-state index contributed by atoms with van der Waals surface area (Å²) in [6.07, 6.45) is 11.7. The maximum atomic E-state index is 4.17. The van der Waals surface area contributed by atoms with Crippen molar-refractivity contribution in [1.82, 2.24) is 15.3 Å². The van der Waals surface area contributed by atoms with Crippen LogP contribution in [-0.2, 0) is 0 Å². The average molecular weight is 249 g/mol. The summed E-state index contributed by atoms with van der Waals surface area (Å²) in [6.45, 7) is 7.80. The molecule has 1 atom stereocenters. The highest BCUT2D eigenvalue weighted by molar-refractivity contribution is 5.10. The zero-order chi connectivity index (χ0) is 13.2. The van der Waals surface area contributed by atoms with E-state index in [2.05, 4.69) is 36.1 Å². The molecule has 1 heterocycles. The second-order valence-corrected chi connectivity index (χ2v) is 4.94. The van der Waals surface area contributed by atoms with Crippen LogP contribution in [0.15, 0.2) is 18.7 Å². The number of aromatic nitrogens is 2. The van der Waals surface area contributed by atoms with Crippen molar-refractivity contribution in [2.45, 2.75) is 58.9 Å². The summed E-state index contributed by atoms with van der Waals surface area (Å²) in [5, 5.41) is 3.68. The molecule has 0 fully saturated rings. The molecule has 3 nitrogen and oxygen atoms in total. The first-order valence-corrected chi connectivity index (χ1v) is 7.31. The Bertz CT molecular complexity index is 294. The molecule has 0 amide bonds. The Morgan fingerprint density at radius 3 is 2.11 bits per heavy atom. The van der Waals surface area contributed by atoms with Crippen LogP contribution in [-0.4, -0.2) is 16.5 Å². The van der Waals surface area contributed by atoms with E-state index in [0.29, 0.717) is 12.0 Å². The predicted octanol–water partition coefficient (Wildman–Crippen LogP) is 3.73. The van der Waals surface area contributed by atoms with Gasteiger partial charge < -0.3 is 5.32 Å². The van der Waals surface area contributed by atoms with Crippen molar-refractivity contribution in [3.05, 3.63) is 24.3 Å². The zero-order valence-electron chi connectivity index (χ0n) is 12.0. The van der Waals surface area contributed by atoms with Crippen molar-refractivity contribution < 1.29 is 0 Å². The standard InChI is InChI=1S/C15H27N3/c1-4-7-13(8-5-2)15(18-9-6-3)14-10-16-12-17-11-14/h10-13,15,18H,4-9H2,1-3H3. The Hall–Kier alpha value is -0.960. The Kier molecular flexibility index (Phi) is 7.58. The van der Waals surface area contributed by atoms with Gasteiger partial charge in [0.05, 0.1) is 0 Å². The maximum Gasteiger partial charge on any atom is 0.115 e. The first-order valence-electron chi connectivity index (χ1n) is 7.31. The number of hydrogen-bond acceptors (Lipinski definition) is 3. The van der Waals surface area contributed by atoms with E-state index in [1.807, 2.05) is 12.4 Å². The molecular weight excluding hydrogens is 222 g/mol. The van der Waals surface area contributed by atoms with Gasteiger partial charge in [0.25, 0.3) is 0 Å². The minimum Gasteiger partial charge on any atom is -0.310 e. The third kappa shape index (κ3) is 4.73. The van der Waals surface area contributed by atoms with E-state index in [1.165, 1.54) is 31.2 Å². The minimum absolute atomic E-state index is 0.408. The number of nitrogens with zero attached hydrogens (tertiary/aromatic N) is 2. The van der Waals surface area contributed by atoms with Crippen molar-refractivity contribution >= 4 is 0 Å². The molecule has 1 N–H and O–H groups in total. The lowest BCUT2D eigenvalue weighted by molar-refractivity contribution is 0.315. The Morgan fingerprint density at radius 1 is 1.00 bits per heavy atom. The lowest BCUT2D eigenvalue weighted by Crippen LogP contribution is -2.29. The molecule has 0 spiro atoms. The number of rotatable bonds is 9. The van der Waals surface area contributed by atoms with Gasteiger partial charge in [-0.1, -0.05) is 33.6 Å². The SMILES string of the molecule is CCCNC(c1cncnc1)C(CCC)CCC. The van der Waals surface area contributed by atoms with Gasteiger partial charge >= 0.3 is 0 Å². The molecule has 1 aromatic rings. The molecule has 0 saturated carbocycles. The second kappa shape index (κ2) is 9.03. The highest BCUT2D eigenvalue weighted by atomic mass is 14.9. The van der Waals surface area contributed by atoms with Gasteiger partial charge in [0.15, 0.2) is 0 Å². The zero-order valence-corrected chi connectivity index (χ0v) is 12.0. The van der Waals surface area contributed by atoms with Gasteiger partial charge in [-0.15, -0.1) is 0 Å². The summed E-state index contributed by atoms with van der Waals surface area (Å²) in [6, 6.07) is 0.408. The minimum atomic E-state index is 0.408. The van der Waals surface area contributed by atoms with Crippen molar-refractivity contribution in [2.24, 2.45) is 5.92 Å². The molecule has 0 aliphatic carbocycles. The van der Waals surface area contributed by atoms with E-state index in [4.69, 9.17) is 0 Å². The fourth-order valence-electron chi connectivity index (χ4n) is 2.55. The molecule has 0 saturated heterocycles. The summed E-state index contributed by atoms with van der Waals surface area (Å²) in [5.74, 6) is 0.692. The first-order chi connectivity index (χ1) is 8.83. The normalized spacial score (nSPS) is 12.9. The third-order valence-corrected chi connectivity index (χ3v) is 3.34. The molecule has 3 heteroatoms. The van der Waals surface area contributed by atoms with E-state index in [0.717, 1.165) is 13.0 Å². The molecule has 18 heavy (non-hydrogen) atoms. The van der Waals surface area contributed by atoms with Gasteiger partial charge in [0.1, 0.15) is 6.33 Å². The first kappa shape index (κ1) is 15.1. The van der Waals surface area contributed by atoms with Crippen molar-refractivity contribution in [2.75, 3.05) is 6.54 Å². The molecule has 1 rings (SSSR count). The number of nitrogens with one attached hydrogen (secondary N) is 1. The average Bonchev–Trinajstić information content (AvgIpc) is 2.41. The topological polar surface area (TPSA) is 37.8 Å². The monoisotopic (exact) mass is 249 g/mol. The third-order valence-electron chi connectivity index (χ3n) is 3.34. The lowest BCUT2D eigenvalue weighted by Gasteiger charge is -2.27. The van der Waals surface area contributed by atoms with Gasteiger partial charge in [0.2, 0.25) is 0 Å². The van der Waals surface area contributed by atoms with E-state index in [-0.39, 0.29) is 0 Å². The second-order valence-electron chi connectivity index (χ2n) is 4.94. The highest BCUT2D eigenvalue weighted by Gasteiger charge is 2.21. The Balaban J connectivity index is 2.80. The van der Waals surface area contributed by atoms with Crippen LogP contribution < -0.4 is 5.32 Å². The number of hydrogen-bond donors (Lipinski definition) is 1. The van der Waals surface area contributed by atoms with Gasteiger partial charge in [-0.2, -0.15) is 0 Å². The maximum absolute atomic E-state index is 4.17. The van der Waals surface area contributed by atoms with Crippen LogP contribution >= 0.6 is 0 Å². The smallest absolute Gasteiger partial charge is 0.115 e. The van der Waals surface area contributed by atoms with Crippen molar-refractivity contribution in [1.29, 1.82) is 0 Å². The predicted molar refractivity (Wildman–Crippen MR) is 76.4 cm³/mol. The van der Waals surface area contributed by atoms with Gasteiger partial charge in [-0.3, -0.25) is 0 Å². The van der Waals surface area contributed by atoms with E-state index in [1.54, 1.807) is 6.33 Å². The quantitative estimate of drug-likeness (QED) is 0.724. The van der Waals surface area contributed by atoms with Crippen LogP contribution in [0.4, 0.5) is 0 Å². The molecule has 0 aliphatic rings. The van der Waals surface area contributed by atoms with Crippen molar-refractivity contribution in [3.8, 4) is 0 Å². The van der Waals surface area contributed by atoms with Crippen LogP contribution in [0.25, 0.3) is 0 Å². The van der Waals surface area contributed by atoms with Crippen LogP contribution in [0, 0.1) is 5.92 Å². The summed E-state index contributed by atoms with van der Waals surface area (Å²) in [4.78, 5) is 8.33. The molecule has 102 valence electrons. The van der Waals surface area contributed by atoms with Crippen LogP contribution in [0.2, 0.25) is 0 Å². The fraction of sp³-hybridized carbons (Fsp3) is 0.733. The fourth-order valence-corrected chi connectivity index (χ4v) is 2.55. The molecule has 0 radical (unpaired) electrons. The summed E-state index contributed by atoms with van der Waals surface area (Å²) in [5.41, 5.74) is 1.23. The molecule has 0 bridgehead atoms. The van der Waals surface area contributed by atoms with Gasteiger partial charge in [0, 0.05) is 24.0 Å². The van der Waals surface area contributed by atoms with Crippen LogP contribution in [0.1, 0.15) is 64.5 Å². The van der Waals surface area contributed by atoms with Crippen molar-refractivity contribution in [3.63, 3.8) is 0 Å². The van der Waals surface area contributed by atoms with E-state index in [9.17, 15) is 0 Å². The van der Waals surface area contributed by atoms with E-state index < -0.39 is 0 Å². The molecule has 1 aromatic heterocycles.